The largest absolute Gasteiger partial charge is 0.741 e. The first-order valence-electron chi connectivity index (χ1n) is 2.99. The van der Waals surface area contributed by atoms with Gasteiger partial charge in [0.05, 0.1) is 0 Å². The van der Waals surface area contributed by atoms with Crippen LogP contribution in [0.1, 0.15) is 0 Å². The lowest BCUT2D eigenvalue weighted by Crippen LogP contribution is -2.42. The van der Waals surface area contributed by atoms with Crippen molar-refractivity contribution in [3.8, 4) is 5.75 Å². The molecule has 1 rings (SSSR count). The van der Waals surface area contributed by atoms with Gasteiger partial charge >= 0.3 is 9.05 Å². The van der Waals surface area contributed by atoms with Crippen LogP contribution in [0.15, 0.2) is 30.3 Å². The Balaban J connectivity index is 0.00000121. The normalized spacial score (nSPS) is 10.2. The van der Waals surface area contributed by atoms with Crippen molar-refractivity contribution in [3.63, 3.8) is 0 Å². The number of rotatable bonds is 2. The summed E-state index contributed by atoms with van der Waals surface area (Å²) in [7, 11) is -4.40. The van der Waals surface area contributed by atoms with Crippen LogP contribution in [0.5, 0.6) is 5.75 Å². The first-order valence-corrected chi connectivity index (χ1v) is 4.74. The van der Waals surface area contributed by atoms with Crippen LogP contribution in [0.25, 0.3) is 0 Å². The molecule has 0 bridgehead atoms. The van der Waals surface area contributed by atoms with Gasteiger partial charge in [0.25, 0.3) is 0 Å². The Labute approximate surface area is 70.3 Å². The molecular weight excluding hydrogens is 180 g/mol. The van der Waals surface area contributed by atoms with Crippen molar-refractivity contribution in [2.75, 3.05) is 0 Å². The second-order valence-corrected chi connectivity index (χ2v) is 3.34. The molecule has 0 unspecified atom stereocenters. The molecule has 0 aliphatic carbocycles. The topological polar surface area (TPSA) is 101 Å². The van der Waals surface area contributed by atoms with Gasteiger partial charge in [0.2, 0.25) is 0 Å². The van der Waals surface area contributed by atoms with Gasteiger partial charge in [-0.25, -0.2) is 0 Å². The molecule has 0 spiro atoms. The first kappa shape index (κ1) is 11.1. The number of benzene rings is 1. The minimum atomic E-state index is -4.40. The Bertz CT molecular complexity index is 219. The molecule has 1 aromatic rings. The van der Waals surface area contributed by atoms with Crippen LogP contribution in [-0.2, 0) is 0 Å². The summed E-state index contributed by atoms with van der Waals surface area (Å²) in [4.78, 5) is 25.5. The maximum Gasteiger partial charge on any atom is 0.741 e. The number of hydrogen-bond donors (Lipinski definition) is 3. The highest BCUT2D eigenvalue weighted by atomic mass is 28.4. The summed E-state index contributed by atoms with van der Waals surface area (Å²) >= 11 is 0. The van der Waals surface area contributed by atoms with Gasteiger partial charge in [-0.1, -0.05) is 18.2 Å². The minimum absolute atomic E-state index is 0. The van der Waals surface area contributed by atoms with E-state index in [1.165, 1.54) is 12.1 Å². The average Bonchev–Trinajstić information content (AvgIpc) is 1.85. The lowest BCUT2D eigenvalue weighted by molar-refractivity contribution is 0.128. The van der Waals surface area contributed by atoms with Crippen LogP contribution in [0.2, 0.25) is 0 Å². The van der Waals surface area contributed by atoms with Gasteiger partial charge in [0.15, 0.2) is 0 Å². The lowest BCUT2D eigenvalue weighted by Gasteiger charge is -2.10. The summed E-state index contributed by atoms with van der Waals surface area (Å²) in [6, 6.07) is 8.11. The third-order valence-electron chi connectivity index (χ3n) is 0.998. The third kappa shape index (κ3) is 4.06. The maximum atomic E-state index is 8.50. The molecule has 0 radical (unpaired) electrons. The molecule has 0 aromatic heterocycles. The van der Waals surface area contributed by atoms with Crippen molar-refractivity contribution in [3.05, 3.63) is 30.3 Å². The molecule has 12 heavy (non-hydrogen) atoms. The molecule has 68 valence electrons. The van der Waals surface area contributed by atoms with E-state index in [1.807, 2.05) is 0 Å². The molecule has 0 saturated carbocycles. The van der Waals surface area contributed by atoms with E-state index in [9.17, 15) is 0 Å². The van der Waals surface area contributed by atoms with Gasteiger partial charge in [-0.15, -0.1) is 0 Å². The summed E-state index contributed by atoms with van der Waals surface area (Å²) in [5.41, 5.74) is 0. The molecule has 0 saturated heterocycles. The first-order chi connectivity index (χ1) is 5.08. The highest BCUT2D eigenvalue weighted by Crippen LogP contribution is 2.10. The van der Waals surface area contributed by atoms with E-state index in [2.05, 4.69) is 4.43 Å². The Morgan fingerprint density at radius 3 is 1.92 bits per heavy atom. The second-order valence-electron chi connectivity index (χ2n) is 1.99. The standard InChI is InChI=1S/C6H8O4Si.H2O/c7-11(8,9)10-6-4-2-1-3-5-6;/h1-5,7-9H;1H2. The van der Waals surface area contributed by atoms with Crippen molar-refractivity contribution in [2.24, 2.45) is 0 Å². The fourth-order valence-electron chi connectivity index (χ4n) is 0.647. The van der Waals surface area contributed by atoms with Crippen LogP contribution in [0.3, 0.4) is 0 Å². The van der Waals surface area contributed by atoms with Crippen LogP contribution >= 0.6 is 0 Å². The van der Waals surface area contributed by atoms with Gasteiger partial charge < -0.3 is 24.3 Å². The van der Waals surface area contributed by atoms with E-state index in [0.717, 1.165) is 0 Å². The second kappa shape index (κ2) is 4.19. The van der Waals surface area contributed by atoms with Gasteiger partial charge in [-0.2, -0.15) is 0 Å². The molecule has 0 fully saturated rings. The van der Waals surface area contributed by atoms with Gasteiger partial charge in [-0.05, 0) is 12.1 Å². The van der Waals surface area contributed by atoms with E-state index in [4.69, 9.17) is 14.4 Å². The Morgan fingerprint density at radius 2 is 1.50 bits per heavy atom. The Kier molecular flexibility index (Phi) is 3.87. The molecule has 6 heteroatoms. The quantitative estimate of drug-likeness (QED) is 0.502. The SMILES string of the molecule is O.O[Si](O)(O)Oc1ccccc1. The van der Waals surface area contributed by atoms with Gasteiger partial charge in [0, 0.05) is 0 Å². The average molecular weight is 190 g/mol. The molecular formula is C6H10O5Si. The van der Waals surface area contributed by atoms with E-state index in [1.54, 1.807) is 18.2 Å². The van der Waals surface area contributed by atoms with Crippen molar-refractivity contribution >= 4 is 9.05 Å². The van der Waals surface area contributed by atoms with E-state index >= 15 is 0 Å². The molecule has 0 aliphatic rings. The van der Waals surface area contributed by atoms with Crippen LogP contribution in [-0.4, -0.2) is 28.9 Å². The summed E-state index contributed by atoms with van der Waals surface area (Å²) < 4.78 is 4.41. The Hall–Kier alpha value is -0.923. The number of para-hydroxylation sites is 1. The van der Waals surface area contributed by atoms with Crippen LogP contribution in [0, 0.1) is 0 Å². The molecule has 0 heterocycles. The van der Waals surface area contributed by atoms with E-state index < -0.39 is 9.05 Å². The van der Waals surface area contributed by atoms with E-state index in [-0.39, 0.29) is 11.2 Å². The smallest absolute Gasteiger partial charge is 0.480 e. The molecule has 0 aliphatic heterocycles. The predicted octanol–water partition coefficient (Wildman–Crippen LogP) is -1.35. The summed E-state index contributed by atoms with van der Waals surface area (Å²) in [6.07, 6.45) is 0. The molecule has 0 amide bonds. The van der Waals surface area contributed by atoms with Crippen LogP contribution in [0.4, 0.5) is 0 Å². The maximum absolute atomic E-state index is 8.50. The minimum Gasteiger partial charge on any atom is -0.480 e. The van der Waals surface area contributed by atoms with Crippen molar-refractivity contribution in [1.82, 2.24) is 0 Å². The highest BCUT2D eigenvalue weighted by Gasteiger charge is 2.33. The fraction of sp³-hybridized carbons (Fsp3) is 0. The van der Waals surface area contributed by atoms with Gasteiger partial charge in [0.1, 0.15) is 5.75 Å². The summed E-state index contributed by atoms with van der Waals surface area (Å²) in [5.74, 6) is 0.242. The lowest BCUT2D eigenvalue weighted by atomic mass is 10.3. The summed E-state index contributed by atoms with van der Waals surface area (Å²) in [6.45, 7) is 0. The molecule has 5 N–H and O–H groups in total. The third-order valence-corrected chi connectivity index (χ3v) is 1.51. The summed E-state index contributed by atoms with van der Waals surface area (Å²) in [5, 5.41) is 0. The fourth-order valence-corrected chi connectivity index (χ4v) is 1.10. The van der Waals surface area contributed by atoms with Crippen molar-refractivity contribution in [1.29, 1.82) is 0 Å². The Morgan fingerprint density at radius 1 is 1.00 bits per heavy atom. The number of hydrogen-bond acceptors (Lipinski definition) is 4. The zero-order valence-corrected chi connectivity index (χ0v) is 7.14. The van der Waals surface area contributed by atoms with Crippen molar-refractivity contribution in [2.45, 2.75) is 0 Å². The highest BCUT2D eigenvalue weighted by molar-refractivity contribution is 6.49. The van der Waals surface area contributed by atoms with Crippen molar-refractivity contribution < 1.29 is 24.3 Å². The monoisotopic (exact) mass is 190 g/mol. The molecule has 1 aromatic carbocycles. The van der Waals surface area contributed by atoms with Crippen LogP contribution < -0.4 is 4.43 Å². The van der Waals surface area contributed by atoms with Gasteiger partial charge in [-0.3, -0.25) is 0 Å². The molecule has 0 atom stereocenters. The zero-order chi connectivity index (χ0) is 8.32. The zero-order valence-electron chi connectivity index (χ0n) is 6.14. The molecule has 5 nitrogen and oxygen atoms in total. The predicted molar refractivity (Wildman–Crippen MR) is 43.1 cm³/mol. The van der Waals surface area contributed by atoms with E-state index in [0.29, 0.717) is 0 Å².